The van der Waals surface area contributed by atoms with E-state index in [2.05, 4.69) is 11.8 Å². The predicted molar refractivity (Wildman–Crippen MR) is 75.9 cm³/mol. The number of carboxylic acids is 1. The first-order chi connectivity index (χ1) is 9.43. The summed E-state index contributed by atoms with van der Waals surface area (Å²) in [5.41, 5.74) is 0.281. The van der Waals surface area contributed by atoms with Crippen LogP contribution in [0.5, 0.6) is 5.75 Å². The lowest BCUT2D eigenvalue weighted by Crippen LogP contribution is -2.24. The SMILES string of the molecule is CCCCN(C)Cc1cc(=O)c(O)cn1CCC(=O)O. The summed E-state index contributed by atoms with van der Waals surface area (Å²) in [6.07, 6.45) is 3.42. The van der Waals surface area contributed by atoms with Crippen molar-refractivity contribution in [3.8, 4) is 5.75 Å². The first-order valence-corrected chi connectivity index (χ1v) is 6.76. The fourth-order valence-electron chi connectivity index (χ4n) is 1.95. The number of unbranched alkanes of at least 4 members (excludes halogenated alkanes) is 1. The third-order valence-electron chi connectivity index (χ3n) is 3.09. The van der Waals surface area contributed by atoms with Crippen LogP contribution in [0.15, 0.2) is 17.1 Å². The molecular weight excluding hydrogens is 260 g/mol. The smallest absolute Gasteiger partial charge is 0.305 e. The van der Waals surface area contributed by atoms with Gasteiger partial charge in [0.1, 0.15) is 0 Å². The second-order valence-electron chi connectivity index (χ2n) is 4.94. The Labute approximate surface area is 118 Å². The molecule has 20 heavy (non-hydrogen) atoms. The molecule has 0 aliphatic heterocycles. The number of hydrogen-bond acceptors (Lipinski definition) is 4. The van der Waals surface area contributed by atoms with Crippen molar-refractivity contribution in [1.29, 1.82) is 0 Å². The lowest BCUT2D eigenvalue weighted by Gasteiger charge is -2.20. The molecule has 0 unspecified atom stereocenters. The Bertz CT molecular complexity index is 510. The largest absolute Gasteiger partial charge is 0.503 e. The Morgan fingerprint density at radius 2 is 2.15 bits per heavy atom. The summed E-state index contributed by atoms with van der Waals surface area (Å²) in [5, 5.41) is 18.2. The topological polar surface area (TPSA) is 82.8 Å². The van der Waals surface area contributed by atoms with Gasteiger partial charge in [-0.3, -0.25) is 9.59 Å². The van der Waals surface area contributed by atoms with E-state index in [-0.39, 0.29) is 18.7 Å². The average molecular weight is 282 g/mol. The van der Waals surface area contributed by atoms with Gasteiger partial charge in [-0.25, -0.2) is 0 Å². The van der Waals surface area contributed by atoms with E-state index in [4.69, 9.17) is 5.11 Å². The van der Waals surface area contributed by atoms with Gasteiger partial charge in [0.25, 0.3) is 0 Å². The van der Waals surface area contributed by atoms with Gasteiger partial charge in [0.2, 0.25) is 5.43 Å². The van der Waals surface area contributed by atoms with Crippen molar-refractivity contribution >= 4 is 5.97 Å². The second kappa shape index (κ2) is 7.69. The highest BCUT2D eigenvalue weighted by molar-refractivity contribution is 5.66. The van der Waals surface area contributed by atoms with Crippen molar-refractivity contribution < 1.29 is 15.0 Å². The monoisotopic (exact) mass is 282 g/mol. The van der Waals surface area contributed by atoms with Crippen molar-refractivity contribution in [2.75, 3.05) is 13.6 Å². The third-order valence-corrected chi connectivity index (χ3v) is 3.09. The van der Waals surface area contributed by atoms with Crippen LogP contribution in [0.3, 0.4) is 0 Å². The number of aromatic nitrogens is 1. The van der Waals surface area contributed by atoms with Crippen LogP contribution >= 0.6 is 0 Å². The van der Waals surface area contributed by atoms with Crippen LogP contribution in [0.2, 0.25) is 0 Å². The fourth-order valence-corrected chi connectivity index (χ4v) is 1.95. The van der Waals surface area contributed by atoms with Gasteiger partial charge in [-0.05, 0) is 20.0 Å². The van der Waals surface area contributed by atoms with Gasteiger partial charge in [0.15, 0.2) is 5.75 Å². The normalized spacial score (nSPS) is 10.9. The minimum atomic E-state index is -0.909. The number of aryl methyl sites for hydroxylation is 1. The molecule has 2 N–H and O–H groups in total. The maximum absolute atomic E-state index is 11.5. The first-order valence-electron chi connectivity index (χ1n) is 6.76. The maximum Gasteiger partial charge on any atom is 0.305 e. The lowest BCUT2D eigenvalue weighted by molar-refractivity contribution is -0.137. The van der Waals surface area contributed by atoms with Crippen molar-refractivity contribution in [2.45, 2.75) is 39.3 Å². The number of nitrogens with zero attached hydrogens (tertiary/aromatic N) is 2. The van der Waals surface area contributed by atoms with Crippen LogP contribution in [0, 0.1) is 0 Å². The number of aliphatic carboxylic acids is 1. The van der Waals surface area contributed by atoms with Crippen LogP contribution in [-0.4, -0.2) is 39.2 Å². The van der Waals surface area contributed by atoms with Crippen molar-refractivity contribution in [2.24, 2.45) is 0 Å². The Balaban J connectivity index is 2.88. The minimum Gasteiger partial charge on any atom is -0.503 e. The Kier molecular flexibility index (Phi) is 6.24. The van der Waals surface area contributed by atoms with Gasteiger partial charge < -0.3 is 19.7 Å². The Hall–Kier alpha value is -1.82. The van der Waals surface area contributed by atoms with Crippen LogP contribution in [0.4, 0.5) is 0 Å². The highest BCUT2D eigenvalue weighted by atomic mass is 16.4. The summed E-state index contributed by atoms with van der Waals surface area (Å²) in [4.78, 5) is 24.3. The van der Waals surface area contributed by atoms with E-state index in [9.17, 15) is 14.7 Å². The van der Waals surface area contributed by atoms with Gasteiger partial charge >= 0.3 is 5.97 Å². The number of hydrogen-bond donors (Lipinski definition) is 2. The molecule has 1 heterocycles. The standard InChI is InChI=1S/C14H22N2O4/c1-3-4-6-15(2)9-11-8-12(17)13(18)10-16(11)7-5-14(19)20/h8,10,18H,3-7,9H2,1-2H3,(H,19,20). The minimum absolute atomic E-state index is 0.0476. The summed E-state index contributed by atoms with van der Waals surface area (Å²) in [5.74, 6) is -1.26. The molecule has 0 bridgehead atoms. The molecule has 0 radical (unpaired) electrons. The van der Waals surface area contributed by atoms with E-state index in [0.29, 0.717) is 12.2 Å². The molecule has 1 aromatic heterocycles. The zero-order valence-electron chi connectivity index (χ0n) is 12.0. The molecule has 0 aliphatic rings. The van der Waals surface area contributed by atoms with Crippen LogP contribution in [-0.2, 0) is 17.9 Å². The molecule has 0 fully saturated rings. The molecule has 0 saturated carbocycles. The summed E-state index contributed by atoms with van der Waals surface area (Å²) in [7, 11) is 1.95. The predicted octanol–water partition coefficient (Wildman–Crippen LogP) is 1.26. The molecule has 112 valence electrons. The van der Waals surface area contributed by atoms with E-state index < -0.39 is 11.4 Å². The van der Waals surface area contributed by atoms with E-state index >= 15 is 0 Å². The molecule has 0 saturated heterocycles. The zero-order chi connectivity index (χ0) is 15.1. The molecule has 0 amide bonds. The fraction of sp³-hybridized carbons (Fsp3) is 0.571. The van der Waals surface area contributed by atoms with E-state index in [1.165, 1.54) is 12.3 Å². The maximum atomic E-state index is 11.5. The van der Waals surface area contributed by atoms with E-state index in [0.717, 1.165) is 19.4 Å². The molecule has 6 nitrogen and oxygen atoms in total. The number of aromatic hydroxyl groups is 1. The highest BCUT2D eigenvalue weighted by Gasteiger charge is 2.09. The molecule has 1 rings (SSSR count). The summed E-state index contributed by atoms with van der Waals surface area (Å²) >= 11 is 0. The van der Waals surface area contributed by atoms with Crippen LogP contribution < -0.4 is 5.43 Å². The van der Waals surface area contributed by atoms with Gasteiger partial charge in [0.05, 0.1) is 12.6 Å². The molecule has 0 aliphatic carbocycles. The van der Waals surface area contributed by atoms with Crippen molar-refractivity contribution in [1.82, 2.24) is 9.47 Å². The first kappa shape index (κ1) is 16.2. The van der Waals surface area contributed by atoms with E-state index in [1.54, 1.807) is 4.57 Å². The molecule has 0 aromatic carbocycles. The quantitative estimate of drug-likeness (QED) is 0.750. The van der Waals surface area contributed by atoms with Gasteiger partial charge in [-0.15, -0.1) is 0 Å². The third kappa shape index (κ3) is 5.05. The molecule has 6 heteroatoms. The number of carboxylic acid groups (broad SMARTS) is 1. The number of rotatable bonds is 8. The van der Waals surface area contributed by atoms with Gasteiger partial charge in [0, 0.05) is 24.8 Å². The van der Waals surface area contributed by atoms with E-state index in [1.807, 2.05) is 7.05 Å². The summed E-state index contributed by atoms with van der Waals surface area (Å²) < 4.78 is 1.63. The average Bonchev–Trinajstić information content (AvgIpc) is 2.38. The lowest BCUT2D eigenvalue weighted by atomic mass is 10.2. The van der Waals surface area contributed by atoms with Crippen molar-refractivity contribution in [3.63, 3.8) is 0 Å². The highest BCUT2D eigenvalue weighted by Crippen LogP contribution is 2.09. The second-order valence-corrected chi connectivity index (χ2v) is 4.94. The number of carbonyl (C=O) groups is 1. The van der Waals surface area contributed by atoms with Gasteiger partial charge in [-0.1, -0.05) is 13.3 Å². The van der Waals surface area contributed by atoms with Gasteiger partial charge in [-0.2, -0.15) is 0 Å². The van der Waals surface area contributed by atoms with Crippen LogP contribution in [0.1, 0.15) is 31.9 Å². The molecule has 0 spiro atoms. The Morgan fingerprint density at radius 1 is 1.45 bits per heavy atom. The summed E-state index contributed by atoms with van der Waals surface area (Å²) in [6, 6.07) is 1.37. The summed E-state index contributed by atoms with van der Waals surface area (Å²) in [6.45, 7) is 3.80. The number of pyridine rings is 1. The molecule has 0 atom stereocenters. The zero-order valence-corrected chi connectivity index (χ0v) is 12.0. The molecule has 1 aromatic rings. The Morgan fingerprint density at radius 3 is 2.75 bits per heavy atom. The van der Waals surface area contributed by atoms with Crippen molar-refractivity contribution in [3.05, 3.63) is 28.2 Å². The molecular formula is C14H22N2O4. The van der Waals surface area contributed by atoms with Crippen LogP contribution in [0.25, 0.3) is 0 Å².